The number of carbonyl (C=O) groups excluding carboxylic acids is 1. The topological polar surface area (TPSA) is 110 Å². The average Bonchev–Trinajstić information content (AvgIpc) is 3.30. The monoisotopic (exact) mass is 375 g/mol. The van der Waals surface area contributed by atoms with Gasteiger partial charge in [-0.2, -0.15) is 4.98 Å². The fraction of sp³-hybridized carbons (Fsp3) is 0.526. The molecule has 2 N–H and O–H groups in total. The summed E-state index contributed by atoms with van der Waals surface area (Å²) in [5, 5.41) is 4.02. The molecule has 1 aliphatic heterocycles. The lowest BCUT2D eigenvalue weighted by atomic mass is 9.92. The number of esters is 1. The zero-order valence-corrected chi connectivity index (χ0v) is 15.5. The molecule has 27 heavy (non-hydrogen) atoms. The Hall–Kier alpha value is -2.61. The van der Waals surface area contributed by atoms with E-state index in [9.17, 15) is 4.79 Å². The van der Waals surface area contributed by atoms with E-state index in [0.29, 0.717) is 42.8 Å². The summed E-state index contributed by atoms with van der Waals surface area (Å²) < 4.78 is 21.3. The number of ether oxygens (including phenoxy) is 3. The van der Waals surface area contributed by atoms with Crippen molar-refractivity contribution >= 4 is 5.97 Å². The second-order valence-electron chi connectivity index (χ2n) is 6.37. The maximum Gasteiger partial charge on any atom is 0.306 e. The molecular weight excluding hydrogens is 350 g/mol. The molecule has 3 rings (SSSR count). The maximum atomic E-state index is 12.1. The molecule has 0 saturated carbocycles. The zero-order valence-electron chi connectivity index (χ0n) is 15.5. The minimum Gasteiger partial charge on any atom is -0.466 e. The summed E-state index contributed by atoms with van der Waals surface area (Å²) >= 11 is 0. The van der Waals surface area contributed by atoms with Crippen LogP contribution in [-0.2, 0) is 22.4 Å². The number of carbonyl (C=O) groups is 1. The number of benzene rings is 1. The normalized spacial score (nSPS) is 13.6. The number of nitrogens with zero attached hydrogens (tertiary/aromatic N) is 2. The van der Waals surface area contributed by atoms with E-state index in [2.05, 4.69) is 10.1 Å². The van der Waals surface area contributed by atoms with Crippen molar-refractivity contribution in [3.05, 3.63) is 35.5 Å². The van der Waals surface area contributed by atoms with Gasteiger partial charge in [0.1, 0.15) is 0 Å². The number of unbranched alkanes of at least 4 members (excludes halogenated alkanes) is 1. The number of rotatable bonds is 10. The van der Waals surface area contributed by atoms with Gasteiger partial charge in [-0.15, -0.1) is 0 Å². The van der Waals surface area contributed by atoms with Crippen LogP contribution >= 0.6 is 0 Å². The van der Waals surface area contributed by atoms with Crippen LogP contribution < -0.4 is 15.2 Å². The Kier molecular flexibility index (Phi) is 6.64. The van der Waals surface area contributed by atoms with Crippen molar-refractivity contribution in [1.82, 2.24) is 10.1 Å². The van der Waals surface area contributed by atoms with Gasteiger partial charge >= 0.3 is 5.97 Å². The van der Waals surface area contributed by atoms with Crippen LogP contribution in [0.25, 0.3) is 0 Å². The van der Waals surface area contributed by atoms with Crippen LogP contribution in [0, 0.1) is 0 Å². The molecule has 0 bridgehead atoms. The Balaban J connectivity index is 1.73. The number of hydrogen-bond acceptors (Lipinski definition) is 8. The number of nitrogens with two attached hydrogens (primary N) is 1. The van der Waals surface area contributed by atoms with E-state index in [4.69, 9.17) is 24.5 Å². The third-order valence-corrected chi connectivity index (χ3v) is 4.37. The minimum atomic E-state index is -0.261. The SMILES string of the molecule is CCOC(=O)CC(Cc1nc(CCCCN)no1)c1ccc2c(c1)OCO2. The van der Waals surface area contributed by atoms with Crippen LogP contribution in [0.5, 0.6) is 11.5 Å². The van der Waals surface area contributed by atoms with E-state index in [1.807, 2.05) is 18.2 Å². The number of fused-ring (bicyclic) bond motifs is 1. The Labute approximate surface area is 158 Å². The van der Waals surface area contributed by atoms with E-state index in [0.717, 1.165) is 24.8 Å². The first-order valence-corrected chi connectivity index (χ1v) is 9.26. The summed E-state index contributed by atoms with van der Waals surface area (Å²) in [6.45, 7) is 2.99. The van der Waals surface area contributed by atoms with Crippen molar-refractivity contribution < 1.29 is 23.5 Å². The standard InChI is InChI=1S/C19H25N3O5/c1-2-24-19(23)11-14(13-6-7-15-16(9-13)26-12-25-15)10-18-21-17(22-27-18)5-3-4-8-20/h6-7,9,14H,2-5,8,10-12,20H2,1H3. The molecule has 0 aliphatic carbocycles. The van der Waals surface area contributed by atoms with Crippen LogP contribution in [0.4, 0.5) is 0 Å². The van der Waals surface area contributed by atoms with Gasteiger partial charge in [0.2, 0.25) is 12.7 Å². The average molecular weight is 375 g/mol. The lowest BCUT2D eigenvalue weighted by molar-refractivity contribution is -0.143. The van der Waals surface area contributed by atoms with E-state index in [1.54, 1.807) is 6.92 Å². The molecular formula is C19H25N3O5. The predicted molar refractivity (Wildman–Crippen MR) is 96.6 cm³/mol. The Morgan fingerprint density at radius 2 is 2.15 bits per heavy atom. The number of aromatic nitrogens is 2. The van der Waals surface area contributed by atoms with Gasteiger partial charge in [0.25, 0.3) is 0 Å². The van der Waals surface area contributed by atoms with Gasteiger partial charge in [-0.3, -0.25) is 4.79 Å². The molecule has 2 aromatic rings. The minimum absolute atomic E-state index is 0.157. The highest BCUT2D eigenvalue weighted by molar-refractivity contribution is 5.70. The summed E-state index contributed by atoms with van der Waals surface area (Å²) in [4.78, 5) is 16.5. The maximum absolute atomic E-state index is 12.1. The highest BCUT2D eigenvalue weighted by Gasteiger charge is 2.23. The Morgan fingerprint density at radius 1 is 1.30 bits per heavy atom. The van der Waals surface area contributed by atoms with Gasteiger partial charge in [0.05, 0.1) is 13.0 Å². The van der Waals surface area contributed by atoms with Crippen molar-refractivity contribution in [1.29, 1.82) is 0 Å². The van der Waals surface area contributed by atoms with Crippen molar-refractivity contribution in [2.75, 3.05) is 19.9 Å². The Bertz CT molecular complexity index is 762. The summed E-state index contributed by atoms with van der Waals surface area (Å²) in [5.74, 6) is 2.13. The van der Waals surface area contributed by atoms with Crippen molar-refractivity contribution in [3.8, 4) is 11.5 Å². The summed E-state index contributed by atoms with van der Waals surface area (Å²) in [6.07, 6.45) is 3.24. The summed E-state index contributed by atoms with van der Waals surface area (Å²) in [5.41, 5.74) is 6.45. The van der Waals surface area contributed by atoms with Crippen molar-refractivity contribution in [2.45, 2.75) is 44.9 Å². The van der Waals surface area contributed by atoms with Gasteiger partial charge in [-0.1, -0.05) is 11.2 Å². The molecule has 0 saturated heterocycles. The fourth-order valence-electron chi connectivity index (χ4n) is 3.01. The first-order valence-electron chi connectivity index (χ1n) is 9.26. The van der Waals surface area contributed by atoms with Crippen molar-refractivity contribution in [3.63, 3.8) is 0 Å². The lowest BCUT2D eigenvalue weighted by Gasteiger charge is -2.15. The molecule has 146 valence electrons. The van der Waals surface area contributed by atoms with Gasteiger partial charge in [-0.25, -0.2) is 0 Å². The zero-order chi connectivity index (χ0) is 19.1. The number of aryl methyl sites for hydroxylation is 1. The van der Waals surface area contributed by atoms with Gasteiger partial charge in [-0.05, 0) is 44.0 Å². The summed E-state index contributed by atoms with van der Waals surface area (Å²) in [7, 11) is 0. The summed E-state index contributed by atoms with van der Waals surface area (Å²) in [6, 6.07) is 5.67. The largest absolute Gasteiger partial charge is 0.466 e. The first-order chi connectivity index (χ1) is 13.2. The van der Waals surface area contributed by atoms with Gasteiger partial charge in [0, 0.05) is 18.8 Å². The highest BCUT2D eigenvalue weighted by Crippen LogP contribution is 2.36. The molecule has 1 aromatic heterocycles. The molecule has 1 aromatic carbocycles. The number of hydrogen-bond donors (Lipinski definition) is 1. The molecule has 1 aliphatic rings. The van der Waals surface area contributed by atoms with Crippen LogP contribution in [0.15, 0.2) is 22.7 Å². The molecule has 0 fully saturated rings. The van der Waals surface area contributed by atoms with Crippen LogP contribution in [0.1, 0.15) is 49.4 Å². The first kappa shape index (κ1) is 19.2. The van der Waals surface area contributed by atoms with Crippen molar-refractivity contribution in [2.24, 2.45) is 5.73 Å². The highest BCUT2D eigenvalue weighted by atomic mass is 16.7. The van der Waals surface area contributed by atoms with E-state index < -0.39 is 0 Å². The molecule has 0 spiro atoms. The molecule has 1 atom stereocenters. The van der Waals surface area contributed by atoms with E-state index in [1.165, 1.54) is 0 Å². The second-order valence-corrected chi connectivity index (χ2v) is 6.37. The Morgan fingerprint density at radius 3 is 2.96 bits per heavy atom. The molecule has 0 amide bonds. The van der Waals surface area contributed by atoms with Gasteiger partial charge < -0.3 is 24.5 Å². The quantitative estimate of drug-likeness (QED) is 0.498. The molecule has 1 unspecified atom stereocenters. The van der Waals surface area contributed by atoms with E-state index >= 15 is 0 Å². The van der Waals surface area contributed by atoms with Gasteiger partial charge in [0.15, 0.2) is 17.3 Å². The molecule has 0 radical (unpaired) electrons. The van der Waals surface area contributed by atoms with Crippen LogP contribution in [0.3, 0.4) is 0 Å². The fourth-order valence-corrected chi connectivity index (χ4v) is 3.01. The third kappa shape index (κ3) is 5.19. The molecule has 2 heterocycles. The lowest BCUT2D eigenvalue weighted by Crippen LogP contribution is -2.13. The third-order valence-electron chi connectivity index (χ3n) is 4.37. The van der Waals surface area contributed by atoms with Crippen LogP contribution in [0.2, 0.25) is 0 Å². The van der Waals surface area contributed by atoms with E-state index in [-0.39, 0.29) is 25.1 Å². The predicted octanol–water partition coefficient (Wildman–Crippen LogP) is 2.36. The second kappa shape index (κ2) is 9.36. The molecule has 8 heteroatoms. The molecule has 8 nitrogen and oxygen atoms in total. The smallest absolute Gasteiger partial charge is 0.306 e. The van der Waals surface area contributed by atoms with Crippen LogP contribution in [-0.4, -0.2) is 36.1 Å².